The number of alkyl halides is 3. The van der Waals surface area contributed by atoms with Crippen molar-refractivity contribution in [3.8, 4) is 5.75 Å². The first-order valence-corrected chi connectivity index (χ1v) is 12.7. The van der Waals surface area contributed by atoms with E-state index in [2.05, 4.69) is 10.1 Å². The molecule has 0 aromatic heterocycles. The van der Waals surface area contributed by atoms with E-state index in [4.69, 9.17) is 17.0 Å². The molecular formula is C28H23F4N3O5S. The van der Waals surface area contributed by atoms with E-state index in [0.717, 1.165) is 12.1 Å². The standard InChI is InChI=1S/C28H23F4N3O5S/c1-2-39-26(38)18-5-11-21(12-6-18)35-25(37)23(15-24(36)33-20-9-7-19(29)8-10-20)34(27(35)41)16-17-3-13-22(14-4-17)40-28(30,31)32/h3-14,23H,2,15-16H2,1H3,(H,33,36)/t23-/m0/s1. The van der Waals surface area contributed by atoms with Crippen LogP contribution in [0.25, 0.3) is 0 Å². The van der Waals surface area contributed by atoms with Gasteiger partial charge in [0.25, 0.3) is 5.91 Å². The molecule has 13 heteroatoms. The number of nitrogens with one attached hydrogen (secondary N) is 1. The number of rotatable bonds is 9. The molecule has 0 bridgehead atoms. The zero-order chi connectivity index (χ0) is 29.7. The van der Waals surface area contributed by atoms with Gasteiger partial charge in [-0.15, -0.1) is 13.2 Å². The number of halogens is 4. The van der Waals surface area contributed by atoms with Crippen molar-refractivity contribution in [3.63, 3.8) is 0 Å². The molecule has 1 heterocycles. The van der Waals surface area contributed by atoms with Gasteiger partial charge in [-0.05, 0) is 85.4 Å². The highest BCUT2D eigenvalue weighted by atomic mass is 32.1. The van der Waals surface area contributed by atoms with E-state index in [-0.39, 0.29) is 30.2 Å². The molecule has 0 radical (unpaired) electrons. The van der Waals surface area contributed by atoms with Crippen molar-refractivity contribution >= 4 is 46.5 Å². The van der Waals surface area contributed by atoms with E-state index >= 15 is 0 Å². The van der Waals surface area contributed by atoms with Crippen LogP contribution in [0.5, 0.6) is 5.75 Å². The predicted molar refractivity (Wildman–Crippen MR) is 145 cm³/mol. The molecule has 0 unspecified atom stereocenters. The molecule has 1 atom stereocenters. The Morgan fingerprint density at radius 2 is 1.61 bits per heavy atom. The van der Waals surface area contributed by atoms with Crippen molar-refractivity contribution in [3.05, 3.63) is 89.7 Å². The number of hydrogen-bond donors (Lipinski definition) is 1. The maximum absolute atomic E-state index is 13.6. The Morgan fingerprint density at radius 1 is 0.976 bits per heavy atom. The van der Waals surface area contributed by atoms with Crippen LogP contribution in [0.15, 0.2) is 72.8 Å². The van der Waals surface area contributed by atoms with Crippen LogP contribution in [-0.2, 0) is 20.9 Å². The predicted octanol–water partition coefficient (Wildman–Crippen LogP) is 5.43. The summed E-state index contributed by atoms with van der Waals surface area (Å²) < 4.78 is 59.8. The maximum atomic E-state index is 13.6. The fourth-order valence-corrected chi connectivity index (χ4v) is 4.51. The number of benzene rings is 3. The van der Waals surface area contributed by atoms with E-state index in [9.17, 15) is 31.9 Å². The Bertz CT molecular complexity index is 1430. The van der Waals surface area contributed by atoms with E-state index in [1.807, 2.05) is 0 Å². The lowest BCUT2D eigenvalue weighted by Crippen LogP contribution is -2.37. The normalized spacial score (nSPS) is 15.2. The molecule has 214 valence electrons. The van der Waals surface area contributed by atoms with Crippen LogP contribution in [-0.4, -0.2) is 46.8 Å². The van der Waals surface area contributed by atoms with Gasteiger partial charge in [0.05, 0.1) is 24.3 Å². The van der Waals surface area contributed by atoms with Gasteiger partial charge in [-0.3, -0.25) is 14.5 Å². The molecule has 3 aromatic carbocycles. The van der Waals surface area contributed by atoms with E-state index in [0.29, 0.717) is 16.9 Å². The number of nitrogens with zero attached hydrogens (tertiary/aromatic N) is 2. The summed E-state index contributed by atoms with van der Waals surface area (Å²) in [5.74, 6) is -2.51. The molecule has 0 saturated carbocycles. The second kappa shape index (κ2) is 12.3. The number of hydrogen-bond acceptors (Lipinski definition) is 6. The van der Waals surface area contributed by atoms with Crippen molar-refractivity contribution in [1.29, 1.82) is 0 Å². The largest absolute Gasteiger partial charge is 0.573 e. The fraction of sp³-hybridized carbons (Fsp3) is 0.214. The summed E-state index contributed by atoms with van der Waals surface area (Å²) >= 11 is 5.61. The third kappa shape index (κ3) is 7.37. The number of carbonyl (C=O) groups excluding carboxylic acids is 3. The van der Waals surface area contributed by atoms with Crippen LogP contribution in [0.4, 0.5) is 28.9 Å². The summed E-state index contributed by atoms with van der Waals surface area (Å²) in [6, 6.07) is 15.0. The Kier molecular flexibility index (Phi) is 8.86. The molecule has 41 heavy (non-hydrogen) atoms. The minimum atomic E-state index is -4.85. The van der Waals surface area contributed by atoms with Crippen LogP contribution in [0.3, 0.4) is 0 Å². The van der Waals surface area contributed by atoms with E-state index < -0.39 is 41.8 Å². The SMILES string of the molecule is CCOC(=O)c1ccc(N2C(=O)[C@H](CC(=O)Nc3ccc(F)cc3)N(Cc3ccc(OC(F)(F)F)cc3)C2=S)cc1. The zero-order valence-corrected chi connectivity index (χ0v) is 22.3. The smallest absolute Gasteiger partial charge is 0.462 e. The minimum Gasteiger partial charge on any atom is -0.462 e. The van der Waals surface area contributed by atoms with Gasteiger partial charge in [0.1, 0.15) is 17.6 Å². The molecule has 1 N–H and O–H groups in total. The van der Waals surface area contributed by atoms with Crippen LogP contribution < -0.4 is 15.0 Å². The Morgan fingerprint density at radius 3 is 2.20 bits per heavy atom. The minimum absolute atomic E-state index is 0.0111. The fourth-order valence-electron chi connectivity index (χ4n) is 4.13. The van der Waals surface area contributed by atoms with Gasteiger partial charge in [-0.1, -0.05) is 12.1 Å². The van der Waals surface area contributed by atoms with Crippen molar-refractivity contribution in [2.24, 2.45) is 0 Å². The highest BCUT2D eigenvalue weighted by molar-refractivity contribution is 7.80. The first-order valence-electron chi connectivity index (χ1n) is 12.3. The molecule has 1 fully saturated rings. The zero-order valence-electron chi connectivity index (χ0n) is 21.5. The van der Waals surface area contributed by atoms with Gasteiger partial charge in [-0.2, -0.15) is 0 Å². The molecule has 3 aromatic rings. The van der Waals surface area contributed by atoms with E-state index in [1.54, 1.807) is 6.92 Å². The van der Waals surface area contributed by atoms with Gasteiger partial charge >= 0.3 is 12.3 Å². The number of ether oxygens (including phenoxy) is 2. The monoisotopic (exact) mass is 589 g/mol. The number of esters is 1. The van der Waals surface area contributed by atoms with Crippen LogP contribution >= 0.6 is 12.2 Å². The molecule has 1 aliphatic heterocycles. The second-order valence-electron chi connectivity index (χ2n) is 8.82. The lowest BCUT2D eigenvalue weighted by Gasteiger charge is -2.24. The molecule has 1 saturated heterocycles. The highest BCUT2D eigenvalue weighted by Crippen LogP contribution is 2.30. The third-order valence-corrected chi connectivity index (χ3v) is 6.39. The maximum Gasteiger partial charge on any atom is 0.573 e. The summed E-state index contributed by atoms with van der Waals surface area (Å²) in [6.45, 7) is 1.85. The molecule has 8 nitrogen and oxygen atoms in total. The average Bonchev–Trinajstić information content (AvgIpc) is 3.14. The van der Waals surface area contributed by atoms with Crippen molar-refractivity contribution in [2.45, 2.75) is 32.3 Å². The molecule has 4 rings (SSSR count). The first-order chi connectivity index (χ1) is 19.4. The number of anilines is 2. The molecule has 1 aliphatic rings. The summed E-state index contributed by atoms with van der Waals surface area (Å²) in [4.78, 5) is 41.2. The summed E-state index contributed by atoms with van der Waals surface area (Å²) in [5.41, 5.74) is 1.43. The summed E-state index contributed by atoms with van der Waals surface area (Å²) in [6.07, 6.45) is -5.18. The number of amides is 2. The topological polar surface area (TPSA) is 88.2 Å². The lowest BCUT2D eigenvalue weighted by atomic mass is 10.1. The van der Waals surface area contributed by atoms with Crippen LogP contribution in [0.1, 0.15) is 29.3 Å². The highest BCUT2D eigenvalue weighted by Gasteiger charge is 2.44. The quantitative estimate of drug-likeness (QED) is 0.202. The number of carbonyl (C=O) groups is 3. The van der Waals surface area contributed by atoms with Gasteiger partial charge in [0.2, 0.25) is 5.91 Å². The van der Waals surface area contributed by atoms with Crippen molar-refractivity contribution < 1.29 is 41.4 Å². The van der Waals surface area contributed by atoms with Crippen LogP contribution in [0, 0.1) is 5.82 Å². The van der Waals surface area contributed by atoms with Crippen LogP contribution in [0.2, 0.25) is 0 Å². The summed E-state index contributed by atoms with van der Waals surface area (Å²) in [5, 5.41) is 2.66. The molecule has 0 spiro atoms. The molecule has 2 amide bonds. The molecular weight excluding hydrogens is 566 g/mol. The van der Waals surface area contributed by atoms with Crippen molar-refractivity contribution in [1.82, 2.24) is 4.90 Å². The lowest BCUT2D eigenvalue weighted by molar-refractivity contribution is -0.274. The Labute approximate surface area is 237 Å². The second-order valence-corrected chi connectivity index (χ2v) is 9.18. The van der Waals surface area contributed by atoms with Gasteiger partial charge in [0.15, 0.2) is 5.11 Å². The number of thiocarbonyl (C=S) groups is 1. The molecule has 0 aliphatic carbocycles. The van der Waals surface area contributed by atoms with Gasteiger partial charge < -0.3 is 19.7 Å². The van der Waals surface area contributed by atoms with Gasteiger partial charge in [-0.25, -0.2) is 9.18 Å². The van der Waals surface area contributed by atoms with Gasteiger partial charge in [0, 0.05) is 12.2 Å². The first kappa shape index (κ1) is 29.5. The average molecular weight is 590 g/mol. The summed E-state index contributed by atoms with van der Waals surface area (Å²) in [7, 11) is 0. The van der Waals surface area contributed by atoms with Crippen molar-refractivity contribution in [2.75, 3.05) is 16.8 Å². The van der Waals surface area contributed by atoms with E-state index in [1.165, 1.54) is 70.5 Å². The Balaban J connectivity index is 1.58. The third-order valence-electron chi connectivity index (χ3n) is 5.97. The Hall–Kier alpha value is -4.52.